The van der Waals surface area contributed by atoms with Gasteiger partial charge in [0, 0.05) is 5.92 Å². The molecular weight excluding hydrogens is 198 g/mol. The summed E-state index contributed by atoms with van der Waals surface area (Å²) in [6, 6.07) is -0.150. The number of hydrogen-bond donors (Lipinski definition) is 4. The Morgan fingerprint density at radius 1 is 1.20 bits per heavy atom. The van der Waals surface area contributed by atoms with Gasteiger partial charge in [-0.15, -0.1) is 0 Å². The highest BCUT2D eigenvalue weighted by molar-refractivity contribution is 4.90. The van der Waals surface area contributed by atoms with Crippen LogP contribution < -0.4 is 5.32 Å². The molecule has 0 bridgehead atoms. The van der Waals surface area contributed by atoms with E-state index in [9.17, 15) is 5.11 Å². The molecule has 0 saturated carbocycles. The molecule has 5 heteroatoms. The Kier molecular flexibility index (Phi) is 4.95. The maximum atomic E-state index is 10.1. The second-order valence-electron chi connectivity index (χ2n) is 4.05. The predicted molar refractivity (Wildman–Crippen MR) is 54.3 cm³/mol. The van der Waals surface area contributed by atoms with Gasteiger partial charge in [-0.3, -0.25) is 0 Å². The van der Waals surface area contributed by atoms with E-state index in [4.69, 9.17) is 14.9 Å². The Balaban J connectivity index is 2.76. The molecule has 90 valence electrons. The molecule has 0 aliphatic carbocycles. The van der Waals surface area contributed by atoms with Crippen molar-refractivity contribution in [2.45, 2.75) is 37.7 Å². The molecule has 1 aliphatic heterocycles. The lowest BCUT2D eigenvalue weighted by atomic mass is 9.84. The minimum absolute atomic E-state index is 0.0565. The van der Waals surface area contributed by atoms with Crippen LogP contribution in [-0.2, 0) is 4.74 Å². The molecule has 5 unspecified atom stereocenters. The summed E-state index contributed by atoms with van der Waals surface area (Å²) in [6.07, 6.45) is -0.541. The van der Waals surface area contributed by atoms with Crippen LogP contribution in [0.25, 0.3) is 0 Å². The van der Waals surface area contributed by atoms with Crippen LogP contribution in [0.15, 0.2) is 0 Å². The van der Waals surface area contributed by atoms with Crippen molar-refractivity contribution in [1.82, 2.24) is 0 Å². The van der Waals surface area contributed by atoms with E-state index < -0.39 is 12.2 Å². The molecule has 1 aliphatic rings. The summed E-state index contributed by atoms with van der Waals surface area (Å²) in [5, 5.41) is 30.3. The summed E-state index contributed by atoms with van der Waals surface area (Å²) in [4.78, 5) is 0. The first-order valence-corrected chi connectivity index (χ1v) is 5.54. The monoisotopic (exact) mass is 220 g/mol. The van der Waals surface area contributed by atoms with Crippen LogP contribution in [0.2, 0.25) is 0 Å². The Labute approximate surface area is 90.1 Å². The number of aliphatic hydroxyl groups is 3. The number of rotatable bonds is 4. The molecule has 1 rings (SSSR count). The minimum Gasteiger partial charge on any atom is -0.394 e. The predicted octanol–water partition coefficient (Wildman–Crippen LogP) is -2.31. The van der Waals surface area contributed by atoms with Gasteiger partial charge in [0.05, 0.1) is 26.4 Å². The summed E-state index contributed by atoms with van der Waals surface area (Å²) in [6.45, 7) is 1.73. The van der Waals surface area contributed by atoms with E-state index in [0.29, 0.717) is 0 Å². The SMILES string of the molecule is CCC1C(CO)OC(CO)C([NH2+]C)C1O. The van der Waals surface area contributed by atoms with Crippen molar-refractivity contribution in [3.8, 4) is 0 Å². The molecule has 0 radical (unpaired) electrons. The molecule has 0 spiro atoms. The van der Waals surface area contributed by atoms with Crippen molar-refractivity contribution in [2.75, 3.05) is 20.3 Å². The normalized spacial score (nSPS) is 41.8. The summed E-state index contributed by atoms with van der Waals surface area (Å²) in [7, 11) is 1.85. The fraction of sp³-hybridized carbons (Fsp3) is 1.00. The maximum absolute atomic E-state index is 10.1. The Morgan fingerprint density at radius 2 is 1.80 bits per heavy atom. The summed E-state index contributed by atoms with van der Waals surface area (Å²) >= 11 is 0. The van der Waals surface area contributed by atoms with Gasteiger partial charge >= 0.3 is 0 Å². The zero-order valence-electron chi connectivity index (χ0n) is 9.34. The van der Waals surface area contributed by atoms with Gasteiger partial charge in [0.2, 0.25) is 0 Å². The third kappa shape index (κ3) is 2.49. The molecular formula is C10H22NO4+. The van der Waals surface area contributed by atoms with E-state index in [1.165, 1.54) is 0 Å². The highest BCUT2D eigenvalue weighted by Crippen LogP contribution is 2.26. The largest absolute Gasteiger partial charge is 0.394 e. The Hall–Kier alpha value is -0.200. The fourth-order valence-corrected chi connectivity index (χ4v) is 2.40. The van der Waals surface area contributed by atoms with Gasteiger partial charge in [-0.25, -0.2) is 0 Å². The number of hydrogen-bond acceptors (Lipinski definition) is 4. The van der Waals surface area contributed by atoms with Gasteiger partial charge in [-0.1, -0.05) is 6.92 Å². The van der Waals surface area contributed by atoms with Crippen LogP contribution in [0.4, 0.5) is 0 Å². The molecule has 15 heavy (non-hydrogen) atoms. The molecule has 1 fully saturated rings. The zero-order valence-corrected chi connectivity index (χ0v) is 9.34. The second kappa shape index (κ2) is 5.77. The molecule has 0 aromatic carbocycles. The Bertz CT molecular complexity index is 172. The van der Waals surface area contributed by atoms with Crippen molar-refractivity contribution in [3.05, 3.63) is 0 Å². The third-order valence-corrected chi connectivity index (χ3v) is 3.31. The van der Waals surface area contributed by atoms with Crippen LogP contribution in [-0.4, -0.2) is 59.9 Å². The number of aliphatic hydroxyl groups excluding tert-OH is 3. The lowest BCUT2D eigenvalue weighted by molar-refractivity contribution is -0.686. The van der Waals surface area contributed by atoms with Crippen molar-refractivity contribution >= 4 is 0 Å². The van der Waals surface area contributed by atoms with Crippen molar-refractivity contribution in [3.63, 3.8) is 0 Å². The van der Waals surface area contributed by atoms with E-state index >= 15 is 0 Å². The zero-order chi connectivity index (χ0) is 11.4. The second-order valence-corrected chi connectivity index (χ2v) is 4.05. The molecule has 0 aromatic rings. The highest BCUT2D eigenvalue weighted by atomic mass is 16.5. The number of quaternary nitrogens is 1. The average Bonchev–Trinajstić information content (AvgIpc) is 2.27. The summed E-state index contributed by atoms with van der Waals surface area (Å²) in [5.74, 6) is -0.0565. The van der Waals surface area contributed by atoms with Crippen molar-refractivity contribution < 1.29 is 25.4 Å². The van der Waals surface area contributed by atoms with Crippen LogP contribution in [0.1, 0.15) is 13.3 Å². The van der Waals surface area contributed by atoms with Gasteiger partial charge in [-0.05, 0) is 6.42 Å². The van der Waals surface area contributed by atoms with E-state index in [2.05, 4.69) is 0 Å². The lowest BCUT2D eigenvalue weighted by Gasteiger charge is -2.41. The number of nitrogens with two attached hydrogens (primary N) is 1. The standard InChI is InChI=1S/C10H21NO4/c1-3-6-7(4-12)15-8(5-13)9(11-2)10(6)14/h6-14H,3-5H2,1-2H3/p+1. The number of likely N-dealkylation sites (N-methyl/N-ethyl adjacent to an activating group) is 1. The van der Waals surface area contributed by atoms with E-state index in [1.54, 1.807) is 0 Å². The van der Waals surface area contributed by atoms with Gasteiger partial charge < -0.3 is 25.4 Å². The minimum atomic E-state index is -0.539. The average molecular weight is 220 g/mol. The van der Waals surface area contributed by atoms with Gasteiger partial charge in [0.1, 0.15) is 18.2 Å². The van der Waals surface area contributed by atoms with Gasteiger partial charge in [0.25, 0.3) is 0 Å². The first kappa shape index (κ1) is 12.9. The summed E-state index contributed by atoms with van der Waals surface area (Å²) < 4.78 is 5.57. The van der Waals surface area contributed by atoms with E-state index in [0.717, 1.165) is 6.42 Å². The molecule has 1 saturated heterocycles. The molecule has 5 N–H and O–H groups in total. The maximum Gasteiger partial charge on any atom is 0.141 e. The third-order valence-electron chi connectivity index (χ3n) is 3.31. The smallest absolute Gasteiger partial charge is 0.141 e. The first-order chi connectivity index (χ1) is 7.19. The van der Waals surface area contributed by atoms with Crippen LogP contribution in [0.5, 0.6) is 0 Å². The molecule has 5 nitrogen and oxygen atoms in total. The van der Waals surface area contributed by atoms with Crippen molar-refractivity contribution in [2.24, 2.45) is 5.92 Å². The van der Waals surface area contributed by atoms with E-state index in [-0.39, 0.29) is 31.3 Å². The molecule has 5 atom stereocenters. The Morgan fingerprint density at radius 3 is 2.20 bits per heavy atom. The fourth-order valence-electron chi connectivity index (χ4n) is 2.40. The van der Waals surface area contributed by atoms with Crippen LogP contribution >= 0.6 is 0 Å². The lowest BCUT2D eigenvalue weighted by Crippen LogP contribution is -2.94. The highest BCUT2D eigenvalue weighted by Gasteiger charge is 2.45. The van der Waals surface area contributed by atoms with E-state index in [1.807, 2.05) is 19.3 Å². The molecule has 0 amide bonds. The van der Waals surface area contributed by atoms with Crippen LogP contribution in [0, 0.1) is 5.92 Å². The molecule has 0 aromatic heterocycles. The van der Waals surface area contributed by atoms with Crippen molar-refractivity contribution in [1.29, 1.82) is 0 Å². The first-order valence-electron chi connectivity index (χ1n) is 5.54. The van der Waals surface area contributed by atoms with Gasteiger partial charge in [-0.2, -0.15) is 0 Å². The quantitative estimate of drug-likeness (QED) is 0.429. The topological polar surface area (TPSA) is 86.5 Å². The van der Waals surface area contributed by atoms with Crippen LogP contribution in [0.3, 0.4) is 0 Å². The summed E-state index contributed by atoms with van der Waals surface area (Å²) in [5.41, 5.74) is 0. The van der Waals surface area contributed by atoms with Gasteiger partial charge in [0.15, 0.2) is 0 Å². The number of ether oxygens (including phenoxy) is 1. The molecule has 1 heterocycles.